The molecule has 2 rings (SSSR count). The molecule has 2 aromatic carbocycles. The number of nitrogens with zero attached hydrogens (tertiary/aromatic N) is 2. The molecule has 0 aliphatic heterocycles. The number of hydrogen-bond acceptors (Lipinski definition) is 20. The Kier molecular flexibility index (Phi) is 40.5. The Hall–Kier alpha value is -9.23. The number of nitrogens with one attached hydrogen (secondary N) is 11. The highest BCUT2D eigenvalue weighted by Crippen LogP contribution is 2.11. The lowest BCUT2D eigenvalue weighted by atomic mass is 10.0. The Morgan fingerprint density at radius 3 is 1.35 bits per heavy atom. The van der Waals surface area contributed by atoms with E-state index in [1.807, 2.05) is 30.3 Å². The number of guanidine groups is 2. The summed E-state index contributed by atoms with van der Waals surface area (Å²) in [7, 11) is 0. The minimum atomic E-state index is -1.73. The maximum Gasteiger partial charge on any atom is 0.326 e. The van der Waals surface area contributed by atoms with Crippen molar-refractivity contribution in [3.8, 4) is 0 Å². The summed E-state index contributed by atoms with van der Waals surface area (Å²) in [6.07, 6.45) is 0.438. The van der Waals surface area contributed by atoms with Crippen LogP contribution in [0.4, 0.5) is 0 Å². The summed E-state index contributed by atoms with van der Waals surface area (Å²) in [6.45, 7) is 1.87. The van der Waals surface area contributed by atoms with E-state index in [2.05, 4.69) is 68.5 Å². The largest absolute Gasteiger partial charge is 0.480 e. The van der Waals surface area contributed by atoms with Gasteiger partial charge in [-0.25, -0.2) is 4.79 Å². The van der Waals surface area contributed by atoms with Crippen LogP contribution in [0.3, 0.4) is 0 Å². The fourth-order valence-corrected chi connectivity index (χ4v) is 9.97. The van der Waals surface area contributed by atoms with Crippen molar-refractivity contribution in [1.29, 1.82) is 0 Å². The summed E-state index contributed by atoms with van der Waals surface area (Å²) in [5, 5.41) is 57.6. The predicted molar refractivity (Wildman–Crippen MR) is 362 cm³/mol. The molecule has 0 unspecified atom stereocenters. The number of carbonyl (C=O) groups excluding carboxylic acids is 11. The zero-order chi connectivity index (χ0) is 72.4. The van der Waals surface area contributed by atoms with Gasteiger partial charge in [-0.05, 0) is 116 Å². The zero-order valence-corrected chi connectivity index (χ0v) is 55.9. The quantitative estimate of drug-likeness (QED) is 0.0166. The summed E-state index contributed by atoms with van der Waals surface area (Å²) in [5.41, 5.74) is 40.9. The van der Waals surface area contributed by atoms with Crippen LogP contribution in [0.2, 0.25) is 0 Å². The number of aliphatic imine (C=N–C) groups is 2. The molecule has 35 nitrogen and oxygen atoms in total. The minimum Gasteiger partial charge on any atom is -0.480 e. The number of carbonyl (C=O) groups is 12. The van der Waals surface area contributed by atoms with Crippen LogP contribution in [0.15, 0.2) is 70.6 Å². The van der Waals surface area contributed by atoms with E-state index in [-0.39, 0.29) is 94.7 Å². The number of aliphatic hydroxyl groups is 2. The highest BCUT2D eigenvalue weighted by atomic mass is 32.2. The van der Waals surface area contributed by atoms with Gasteiger partial charge in [0.15, 0.2) is 11.9 Å². The lowest BCUT2D eigenvalue weighted by Gasteiger charge is -2.26. The number of rotatable bonds is 48. The van der Waals surface area contributed by atoms with Crippen molar-refractivity contribution in [3.63, 3.8) is 0 Å². The molecule has 2 aromatic rings. The maximum absolute atomic E-state index is 14.1. The van der Waals surface area contributed by atoms with E-state index in [0.717, 1.165) is 5.56 Å². The average Bonchev–Trinajstić information content (AvgIpc) is 1.06. The van der Waals surface area contributed by atoms with Gasteiger partial charge in [-0.3, -0.25) is 62.7 Å². The number of aliphatic carboxylic acids is 1. The van der Waals surface area contributed by atoms with Crippen molar-refractivity contribution < 1.29 is 72.9 Å². The zero-order valence-electron chi connectivity index (χ0n) is 55.1. The summed E-state index contributed by atoms with van der Waals surface area (Å²) in [5.74, 6) is -11.1. The molecule has 0 aromatic heterocycles. The molecule has 97 heavy (non-hydrogen) atoms. The third-order valence-electron chi connectivity index (χ3n) is 14.4. The second-order valence-electron chi connectivity index (χ2n) is 22.8. The molecule has 540 valence electrons. The number of nitrogens with two attached hydrogens (primary N) is 7. The Morgan fingerprint density at radius 1 is 0.464 bits per heavy atom. The predicted octanol–water partition coefficient (Wildman–Crippen LogP) is -7.01. The number of benzene rings is 2. The van der Waals surface area contributed by atoms with Crippen LogP contribution in [-0.2, 0) is 70.4 Å². The molecule has 0 aliphatic rings. The van der Waals surface area contributed by atoms with Crippen molar-refractivity contribution in [2.45, 2.75) is 164 Å². The van der Waals surface area contributed by atoms with Crippen LogP contribution >= 0.6 is 11.8 Å². The number of aliphatic hydroxyl groups excluding tert-OH is 2. The second kappa shape index (κ2) is 46.8. The Bertz CT molecular complexity index is 2910. The van der Waals surface area contributed by atoms with E-state index in [9.17, 15) is 72.9 Å². The van der Waals surface area contributed by atoms with Gasteiger partial charge in [0.2, 0.25) is 65.0 Å². The molecule has 0 aliphatic carbocycles. The number of carboxylic acid groups (broad SMARTS) is 1. The van der Waals surface area contributed by atoms with Crippen LogP contribution in [0.5, 0.6) is 0 Å². The summed E-state index contributed by atoms with van der Waals surface area (Å²) in [4.78, 5) is 168. The lowest BCUT2D eigenvalue weighted by Crippen LogP contribution is -2.60. The topological polar surface area (TPSA) is 605 Å². The monoisotopic (exact) mass is 1380 g/mol. The van der Waals surface area contributed by atoms with E-state index in [4.69, 9.17) is 40.1 Å². The second-order valence-corrected chi connectivity index (χ2v) is 23.8. The third-order valence-corrected chi connectivity index (χ3v) is 15.5. The molecule has 28 N–H and O–H groups in total. The van der Waals surface area contributed by atoms with Crippen molar-refractivity contribution in [2.24, 2.45) is 50.1 Å². The smallest absolute Gasteiger partial charge is 0.326 e. The van der Waals surface area contributed by atoms with E-state index < -0.39 is 151 Å². The maximum atomic E-state index is 14.1. The fourth-order valence-electron chi connectivity index (χ4n) is 9.15. The van der Waals surface area contributed by atoms with Crippen molar-refractivity contribution in [2.75, 3.05) is 57.4 Å². The molecule has 0 heterocycles. The first-order valence-corrected chi connectivity index (χ1v) is 32.9. The molecule has 0 saturated carbocycles. The van der Waals surface area contributed by atoms with Crippen LogP contribution in [-0.4, -0.2) is 222 Å². The SMILES string of the molecule is C[C@H](NC(=O)CNC(=O)[C@@H](NC(=O)[C@H](Cc1ccccc1)NC(=O)CNC(=O)CSC[C@@H](N)Cc1ccccc1)[C@H](C)O)C(=O)N[C@@H](CCCN=C(N)N)C(=O)N[C@@H](CCCCN)C(=O)N[C@@H](CO)C(=O)N[C@@H](C)C(=O)N[C@@H](CCCN=C(N)N)C(=O)N[C@@H](CCCCN)C(=O)O. The van der Waals surface area contributed by atoms with E-state index in [0.29, 0.717) is 43.5 Å². The highest BCUT2D eigenvalue weighted by molar-refractivity contribution is 8.00. The lowest BCUT2D eigenvalue weighted by molar-refractivity contribution is -0.142. The number of hydrogen-bond donors (Lipinski definition) is 21. The first-order chi connectivity index (χ1) is 46.1. The van der Waals surface area contributed by atoms with Crippen LogP contribution < -0.4 is 98.6 Å². The van der Waals surface area contributed by atoms with Gasteiger partial charge >= 0.3 is 5.97 Å². The molecule has 0 radical (unpaired) electrons. The molecule has 0 bridgehead atoms. The van der Waals surface area contributed by atoms with Gasteiger partial charge < -0.3 is 114 Å². The summed E-state index contributed by atoms with van der Waals surface area (Å²) < 4.78 is 0. The molecule has 36 heteroatoms. The summed E-state index contributed by atoms with van der Waals surface area (Å²) in [6, 6.07) is 4.81. The first-order valence-electron chi connectivity index (χ1n) is 31.8. The molecular weight excluding hydrogens is 1280 g/mol. The number of carboxylic acids is 1. The number of unbranched alkanes of at least 4 members (excludes halogenated alkanes) is 2. The van der Waals surface area contributed by atoms with Crippen LogP contribution in [0.25, 0.3) is 0 Å². The standard InChI is InChI=1S/C61H100N20O15S/c1-35(73-47(84)31-72-58(94)50(37(3)83)81-56(92)45(29-39-18-8-5-9-19-39)75-48(85)30-71-49(86)34-97-33-40(64)28-38-16-6-4-7-17-38)51(87)76-42(22-14-26-69-60(65)66)53(89)78-41(20-10-12-24-62)55(91)80-46(32-82)57(93)74-36(2)52(88)77-43(23-15-27-70-61(67)68)54(90)79-44(59(95)96)21-11-13-25-63/h4-9,16-19,35-37,40-46,50,82-83H,10-15,20-34,62-64H2,1-3H3,(H,71,86)(H,72,94)(H,73,84)(H,74,93)(H,75,85)(H,76,87)(H,77,88)(H,78,89)(H,79,90)(H,80,91)(H,81,92)(H,95,96)(H4,65,66,69)(H4,67,68,70)/t35-,36-,37-,40-,41-,42-,43-,44-,45-,46-,50-/m0/s1. The number of thioether (sulfide) groups is 1. The van der Waals surface area contributed by atoms with Gasteiger partial charge in [0.05, 0.1) is 31.6 Å². The fraction of sp³-hybridized carbons (Fsp3) is 0.574. The Balaban J connectivity index is 2.17. The van der Waals surface area contributed by atoms with Crippen molar-refractivity contribution in [3.05, 3.63) is 71.8 Å². The van der Waals surface area contributed by atoms with Gasteiger partial charge in [0.1, 0.15) is 54.4 Å². The Labute approximate surface area is 567 Å². The van der Waals surface area contributed by atoms with Gasteiger partial charge in [-0.1, -0.05) is 60.7 Å². The van der Waals surface area contributed by atoms with Gasteiger partial charge in [-0.2, -0.15) is 11.8 Å². The summed E-state index contributed by atoms with van der Waals surface area (Å²) >= 11 is 1.29. The van der Waals surface area contributed by atoms with Gasteiger partial charge in [0.25, 0.3) is 0 Å². The molecule has 0 saturated heterocycles. The first kappa shape index (κ1) is 83.9. The van der Waals surface area contributed by atoms with Crippen LogP contribution in [0, 0.1) is 0 Å². The van der Waals surface area contributed by atoms with E-state index in [1.54, 1.807) is 30.3 Å². The molecule has 11 amide bonds. The van der Waals surface area contributed by atoms with E-state index in [1.165, 1.54) is 32.5 Å². The molecule has 0 fully saturated rings. The average molecular weight is 1390 g/mol. The highest BCUT2D eigenvalue weighted by Gasteiger charge is 2.34. The normalized spacial score (nSPS) is 14.3. The van der Waals surface area contributed by atoms with Gasteiger partial charge in [-0.15, -0.1) is 0 Å². The third kappa shape index (κ3) is 35.4. The van der Waals surface area contributed by atoms with E-state index >= 15 is 0 Å². The molecule has 0 spiro atoms. The minimum absolute atomic E-state index is 0.0126. The van der Waals surface area contributed by atoms with Crippen molar-refractivity contribution >= 4 is 94.6 Å². The molecule has 11 atom stereocenters. The molecular formula is C61H100N20O15S. The Morgan fingerprint density at radius 2 is 0.876 bits per heavy atom. The van der Waals surface area contributed by atoms with Crippen LogP contribution in [0.1, 0.15) is 96.1 Å². The number of amides is 11. The van der Waals surface area contributed by atoms with Gasteiger partial charge in [0, 0.05) is 31.3 Å². The van der Waals surface area contributed by atoms with Crippen molar-refractivity contribution in [1.82, 2.24) is 58.5 Å².